The molecule has 6 heteroatoms. The zero-order chi connectivity index (χ0) is 21.5. The van der Waals surface area contributed by atoms with E-state index in [2.05, 4.69) is 42.5 Å². The number of aromatic nitrogens is 2. The minimum atomic E-state index is -0.389. The topological polar surface area (TPSA) is 77.1 Å². The van der Waals surface area contributed by atoms with Gasteiger partial charge in [0.05, 0.1) is 23.3 Å². The number of rotatable bonds is 3. The van der Waals surface area contributed by atoms with Gasteiger partial charge in [-0.15, -0.1) is 0 Å². The van der Waals surface area contributed by atoms with Crippen molar-refractivity contribution in [3.8, 4) is 5.69 Å². The highest BCUT2D eigenvalue weighted by molar-refractivity contribution is 5.93. The fourth-order valence-corrected chi connectivity index (χ4v) is 4.23. The summed E-state index contributed by atoms with van der Waals surface area (Å²) in [6, 6.07) is 14.3. The molecule has 5 rings (SSSR count). The van der Waals surface area contributed by atoms with E-state index in [1.54, 1.807) is 24.3 Å². The Balaban J connectivity index is 1.45. The number of aryl methyl sites for hydroxylation is 2. The van der Waals surface area contributed by atoms with E-state index in [-0.39, 0.29) is 23.1 Å². The van der Waals surface area contributed by atoms with Crippen LogP contribution in [0.4, 0.5) is 0 Å². The van der Waals surface area contributed by atoms with E-state index in [4.69, 9.17) is 4.42 Å². The van der Waals surface area contributed by atoms with Crippen LogP contribution in [0, 0.1) is 13.8 Å². The number of nitrogens with one attached hydrogen (secondary N) is 1. The van der Waals surface area contributed by atoms with E-state index >= 15 is 0 Å². The lowest BCUT2D eigenvalue weighted by Crippen LogP contribution is -2.31. The minimum Gasteiger partial charge on any atom is -0.451 e. The third-order valence-electron chi connectivity index (χ3n) is 6.08. The minimum absolute atomic E-state index is 0.0253. The van der Waals surface area contributed by atoms with E-state index < -0.39 is 0 Å². The summed E-state index contributed by atoms with van der Waals surface area (Å²) in [5.74, 6) is -0.364. The Hall–Kier alpha value is -3.67. The van der Waals surface area contributed by atoms with Gasteiger partial charge in [0.25, 0.3) is 5.91 Å². The fraction of sp³-hybridized carbons (Fsp3) is 0.240. The lowest BCUT2D eigenvalue weighted by molar-refractivity contribution is 0.0905. The first kappa shape index (κ1) is 19.3. The maximum atomic E-state index is 12.9. The summed E-state index contributed by atoms with van der Waals surface area (Å²) >= 11 is 0. The molecule has 1 unspecified atom stereocenters. The Bertz CT molecular complexity index is 1370. The Morgan fingerprint density at radius 2 is 1.97 bits per heavy atom. The predicted molar refractivity (Wildman–Crippen MR) is 119 cm³/mol. The number of para-hydroxylation sites is 1. The van der Waals surface area contributed by atoms with E-state index in [0.29, 0.717) is 11.0 Å². The van der Waals surface area contributed by atoms with E-state index in [1.807, 2.05) is 10.9 Å². The molecule has 2 aromatic heterocycles. The molecule has 156 valence electrons. The van der Waals surface area contributed by atoms with Crippen LogP contribution in [0.2, 0.25) is 0 Å². The summed E-state index contributed by atoms with van der Waals surface area (Å²) in [4.78, 5) is 25.3. The van der Waals surface area contributed by atoms with E-state index in [9.17, 15) is 9.59 Å². The zero-order valence-electron chi connectivity index (χ0n) is 17.5. The molecular weight excluding hydrogens is 390 g/mol. The van der Waals surface area contributed by atoms with Crippen molar-refractivity contribution in [2.75, 3.05) is 0 Å². The van der Waals surface area contributed by atoms with Crippen molar-refractivity contribution in [1.29, 1.82) is 0 Å². The number of carbonyl (C=O) groups is 1. The second-order valence-electron chi connectivity index (χ2n) is 8.12. The Labute approximate surface area is 179 Å². The normalized spacial score (nSPS) is 15.6. The van der Waals surface area contributed by atoms with Gasteiger partial charge in [-0.25, -0.2) is 4.68 Å². The second-order valence-corrected chi connectivity index (χ2v) is 8.12. The van der Waals surface area contributed by atoms with Crippen molar-refractivity contribution in [2.45, 2.75) is 39.2 Å². The van der Waals surface area contributed by atoms with Gasteiger partial charge in [0.2, 0.25) is 0 Å². The van der Waals surface area contributed by atoms with Gasteiger partial charge in [-0.3, -0.25) is 9.59 Å². The van der Waals surface area contributed by atoms with E-state index in [1.165, 1.54) is 17.2 Å². The first-order valence-corrected chi connectivity index (χ1v) is 10.5. The molecule has 2 aromatic carbocycles. The lowest BCUT2D eigenvalue weighted by atomic mass is 9.92. The van der Waals surface area contributed by atoms with E-state index in [0.717, 1.165) is 36.2 Å². The molecule has 31 heavy (non-hydrogen) atoms. The number of benzene rings is 2. The van der Waals surface area contributed by atoms with Crippen LogP contribution in [0.15, 0.2) is 63.9 Å². The number of nitrogens with zero attached hydrogens (tertiary/aromatic N) is 2. The summed E-state index contributed by atoms with van der Waals surface area (Å²) in [5.41, 5.74) is 5.80. The highest BCUT2D eigenvalue weighted by Gasteiger charge is 2.27. The molecule has 0 fully saturated rings. The van der Waals surface area contributed by atoms with Gasteiger partial charge in [0.15, 0.2) is 11.2 Å². The molecule has 1 aliphatic carbocycles. The molecule has 0 radical (unpaired) electrons. The number of hydrogen-bond donors (Lipinski definition) is 1. The first-order chi connectivity index (χ1) is 15.0. The fourth-order valence-electron chi connectivity index (χ4n) is 4.23. The zero-order valence-corrected chi connectivity index (χ0v) is 17.5. The van der Waals surface area contributed by atoms with Crippen LogP contribution in [0.5, 0.6) is 0 Å². The molecule has 4 aromatic rings. The summed E-state index contributed by atoms with van der Waals surface area (Å²) < 4.78 is 7.67. The first-order valence-electron chi connectivity index (χ1n) is 10.5. The summed E-state index contributed by atoms with van der Waals surface area (Å²) in [5, 5.41) is 8.13. The number of amides is 1. The summed E-state index contributed by atoms with van der Waals surface area (Å²) in [6.45, 7) is 4.18. The standard InChI is InChI=1S/C25H23N3O3/c1-15-10-11-17(12-16(15)2)28-21-8-5-7-20(19(21)14-26-28)27-25(30)24-13-22(29)18-6-3-4-9-23(18)31-24/h3-4,6,9-14,20H,5,7-8H2,1-2H3,(H,27,30). The maximum Gasteiger partial charge on any atom is 0.287 e. The molecule has 0 bridgehead atoms. The average molecular weight is 413 g/mol. The van der Waals surface area contributed by atoms with Crippen LogP contribution in [0.3, 0.4) is 0 Å². The van der Waals surface area contributed by atoms with Gasteiger partial charge in [-0.2, -0.15) is 5.10 Å². The van der Waals surface area contributed by atoms with Crippen LogP contribution in [0.25, 0.3) is 16.7 Å². The predicted octanol–water partition coefficient (Wildman–Crippen LogP) is 4.40. The molecule has 6 nitrogen and oxygen atoms in total. The van der Waals surface area contributed by atoms with Crippen molar-refractivity contribution < 1.29 is 9.21 Å². The van der Waals surface area contributed by atoms with Crippen molar-refractivity contribution in [1.82, 2.24) is 15.1 Å². The van der Waals surface area contributed by atoms with Crippen molar-refractivity contribution in [3.05, 3.63) is 93.1 Å². The maximum absolute atomic E-state index is 12.9. The molecular formula is C25H23N3O3. The molecule has 0 saturated carbocycles. The van der Waals surface area contributed by atoms with Crippen LogP contribution in [-0.4, -0.2) is 15.7 Å². The molecule has 0 spiro atoms. The van der Waals surface area contributed by atoms with Crippen molar-refractivity contribution in [3.63, 3.8) is 0 Å². The summed E-state index contributed by atoms with van der Waals surface area (Å²) in [7, 11) is 0. The lowest BCUT2D eigenvalue weighted by Gasteiger charge is -2.24. The average Bonchev–Trinajstić information content (AvgIpc) is 3.21. The Morgan fingerprint density at radius 3 is 2.81 bits per heavy atom. The third kappa shape index (κ3) is 3.44. The number of carbonyl (C=O) groups excluding carboxylic acids is 1. The molecule has 1 amide bonds. The molecule has 2 heterocycles. The Kier molecular flexibility index (Phi) is 4.70. The highest BCUT2D eigenvalue weighted by atomic mass is 16.3. The van der Waals surface area contributed by atoms with Gasteiger partial charge in [-0.05, 0) is 68.5 Å². The SMILES string of the molecule is Cc1ccc(-n2ncc3c2CCCC3NC(=O)c2cc(=O)c3ccccc3o2)cc1C. The molecule has 0 saturated heterocycles. The van der Waals surface area contributed by atoms with Gasteiger partial charge in [0, 0.05) is 17.3 Å². The molecule has 1 N–H and O–H groups in total. The van der Waals surface area contributed by atoms with Gasteiger partial charge < -0.3 is 9.73 Å². The number of hydrogen-bond acceptors (Lipinski definition) is 4. The Morgan fingerprint density at radius 1 is 1.13 bits per heavy atom. The van der Waals surface area contributed by atoms with Crippen LogP contribution in [-0.2, 0) is 6.42 Å². The third-order valence-corrected chi connectivity index (χ3v) is 6.08. The second kappa shape index (κ2) is 7.54. The summed E-state index contributed by atoms with van der Waals surface area (Å²) in [6.07, 6.45) is 4.50. The monoisotopic (exact) mass is 413 g/mol. The van der Waals surface area contributed by atoms with Crippen LogP contribution < -0.4 is 10.7 Å². The van der Waals surface area contributed by atoms with Gasteiger partial charge in [0.1, 0.15) is 5.58 Å². The van der Waals surface area contributed by atoms with Gasteiger partial charge in [-0.1, -0.05) is 18.2 Å². The smallest absolute Gasteiger partial charge is 0.287 e. The van der Waals surface area contributed by atoms with Crippen LogP contribution in [0.1, 0.15) is 51.8 Å². The highest BCUT2D eigenvalue weighted by Crippen LogP contribution is 2.31. The molecule has 1 atom stereocenters. The van der Waals surface area contributed by atoms with Gasteiger partial charge >= 0.3 is 0 Å². The molecule has 1 aliphatic rings. The van der Waals surface area contributed by atoms with Crippen LogP contribution >= 0.6 is 0 Å². The molecule has 0 aliphatic heterocycles. The quantitative estimate of drug-likeness (QED) is 0.540. The van der Waals surface area contributed by atoms with Crippen molar-refractivity contribution >= 4 is 16.9 Å². The number of fused-ring (bicyclic) bond motifs is 2. The largest absolute Gasteiger partial charge is 0.451 e. The van der Waals surface area contributed by atoms with Crippen molar-refractivity contribution in [2.24, 2.45) is 0 Å².